The minimum absolute atomic E-state index is 0.0449. The summed E-state index contributed by atoms with van der Waals surface area (Å²) in [6, 6.07) is 24.3. The van der Waals surface area contributed by atoms with E-state index in [9.17, 15) is 14.7 Å². The second-order valence-corrected chi connectivity index (χ2v) is 7.22. The standard InChI is InChI=1S/C23H21NO3S/c1-28-21-12-10-20(11-13-21)24(16-22(25)26)15-17-6-5-9-19(14-17)23(27)18-7-3-2-4-8-18/h2-14H,15-16H2,1H3,(H,25,26). The number of hydrogen-bond donors (Lipinski definition) is 1. The first-order chi connectivity index (χ1) is 13.6. The number of thioether (sulfide) groups is 1. The fourth-order valence-electron chi connectivity index (χ4n) is 2.98. The third kappa shape index (κ3) is 5.02. The van der Waals surface area contributed by atoms with Gasteiger partial charge in [-0.3, -0.25) is 9.59 Å². The van der Waals surface area contributed by atoms with Gasteiger partial charge in [0.1, 0.15) is 6.54 Å². The number of carboxylic acids is 1. The second-order valence-electron chi connectivity index (χ2n) is 6.34. The highest BCUT2D eigenvalue weighted by atomic mass is 32.2. The minimum Gasteiger partial charge on any atom is -0.480 e. The number of rotatable bonds is 8. The van der Waals surface area contributed by atoms with Crippen molar-refractivity contribution in [1.29, 1.82) is 0 Å². The third-order valence-electron chi connectivity index (χ3n) is 4.36. The Morgan fingerprint density at radius 1 is 0.893 bits per heavy atom. The fourth-order valence-corrected chi connectivity index (χ4v) is 3.39. The SMILES string of the molecule is CSc1ccc(N(CC(=O)O)Cc2cccc(C(=O)c3ccccc3)c2)cc1. The van der Waals surface area contributed by atoms with Crippen LogP contribution in [0.25, 0.3) is 0 Å². The van der Waals surface area contributed by atoms with Crippen molar-refractivity contribution in [3.8, 4) is 0 Å². The van der Waals surface area contributed by atoms with Gasteiger partial charge in [-0.1, -0.05) is 48.5 Å². The number of benzene rings is 3. The Kier molecular flexibility index (Phi) is 6.50. The first-order valence-electron chi connectivity index (χ1n) is 8.86. The average molecular weight is 391 g/mol. The molecular formula is C23H21NO3S. The lowest BCUT2D eigenvalue weighted by Crippen LogP contribution is -2.29. The van der Waals surface area contributed by atoms with Gasteiger partial charge in [0.05, 0.1) is 0 Å². The Morgan fingerprint density at radius 2 is 1.57 bits per heavy atom. The summed E-state index contributed by atoms with van der Waals surface area (Å²) in [4.78, 5) is 27.0. The number of anilines is 1. The third-order valence-corrected chi connectivity index (χ3v) is 5.11. The summed E-state index contributed by atoms with van der Waals surface area (Å²) in [5, 5.41) is 9.32. The normalized spacial score (nSPS) is 10.5. The predicted octanol–water partition coefficient (Wildman–Crippen LogP) is 4.73. The van der Waals surface area contributed by atoms with Gasteiger partial charge in [0.15, 0.2) is 5.78 Å². The molecule has 0 amide bonds. The Morgan fingerprint density at radius 3 is 2.21 bits per heavy atom. The molecule has 0 aliphatic heterocycles. The van der Waals surface area contributed by atoms with Gasteiger partial charge in [-0.25, -0.2) is 0 Å². The minimum atomic E-state index is -0.898. The molecule has 3 aromatic rings. The molecule has 28 heavy (non-hydrogen) atoms. The van der Waals surface area contributed by atoms with Crippen LogP contribution in [0.15, 0.2) is 83.8 Å². The molecule has 0 bridgehead atoms. The van der Waals surface area contributed by atoms with Crippen LogP contribution in [0.3, 0.4) is 0 Å². The molecule has 142 valence electrons. The first-order valence-corrected chi connectivity index (χ1v) is 10.1. The van der Waals surface area contributed by atoms with Crippen LogP contribution in [0.4, 0.5) is 5.69 Å². The number of nitrogens with zero attached hydrogens (tertiary/aromatic N) is 1. The number of carboxylic acid groups (broad SMARTS) is 1. The quantitative estimate of drug-likeness (QED) is 0.444. The Labute approximate surface area is 168 Å². The molecule has 0 aliphatic rings. The lowest BCUT2D eigenvalue weighted by atomic mass is 10.0. The molecule has 1 N–H and O–H groups in total. The van der Waals surface area contributed by atoms with Gasteiger partial charge in [0, 0.05) is 28.3 Å². The van der Waals surface area contributed by atoms with Crippen molar-refractivity contribution < 1.29 is 14.7 Å². The summed E-state index contributed by atoms with van der Waals surface area (Å²) < 4.78 is 0. The van der Waals surface area contributed by atoms with Gasteiger partial charge in [-0.2, -0.15) is 0 Å². The fraction of sp³-hybridized carbons (Fsp3) is 0.130. The molecule has 0 saturated carbocycles. The van der Waals surface area contributed by atoms with E-state index in [1.807, 2.05) is 66.9 Å². The molecule has 5 heteroatoms. The van der Waals surface area contributed by atoms with Gasteiger partial charge < -0.3 is 10.0 Å². The number of carbonyl (C=O) groups excluding carboxylic acids is 1. The van der Waals surface area contributed by atoms with E-state index in [1.165, 1.54) is 0 Å². The van der Waals surface area contributed by atoms with Crippen LogP contribution in [0.1, 0.15) is 21.5 Å². The number of carbonyl (C=O) groups is 2. The van der Waals surface area contributed by atoms with Gasteiger partial charge in [0.25, 0.3) is 0 Å². The highest BCUT2D eigenvalue weighted by molar-refractivity contribution is 7.98. The van der Waals surface area contributed by atoms with Crippen molar-refractivity contribution in [3.63, 3.8) is 0 Å². The molecule has 0 spiro atoms. The highest BCUT2D eigenvalue weighted by Crippen LogP contribution is 2.22. The average Bonchev–Trinajstić information content (AvgIpc) is 2.73. The van der Waals surface area contributed by atoms with Crippen molar-refractivity contribution in [2.45, 2.75) is 11.4 Å². The van der Waals surface area contributed by atoms with E-state index >= 15 is 0 Å². The van der Waals surface area contributed by atoms with Gasteiger partial charge >= 0.3 is 5.97 Å². The molecule has 0 aromatic heterocycles. The summed E-state index contributed by atoms with van der Waals surface area (Å²) in [5.41, 5.74) is 2.95. The van der Waals surface area contributed by atoms with E-state index in [0.29, 0.717) is 17.7 Å². The van der Waals surface area contributed by atoms with Gasteiger partial charge in [-0.05, 0) is 42.2 Å². The molecule has 0 aliphatic carbocycles. The van der Waals surface area contributed by atoms with E-state index in [1.54, 1.807) is 34.9 Å². The van der Waals surface area contributed by atoms with Crippen molar-refractivity contribution in [2.24, 2.45) is 0 Å². The molecule has 0 fully saturated rings. The maximum atomic E-state index is 12.7. The smallest absolute Gasteiger partial charge is 0.323 e. The van der Waals surface area contributed by atoms with E-state index in [2.05, 4.69) is 0 Å². The topological polar surface area (TPSA) is 57.6 Å². The Balaban J connectivity index is 1.84. The maximum absolute atomic E-state index is 12.7. The van der Waals surface area contributed by atoms with Crippen LogP contribution in [0, 0.1) is 0 Å². The maximum Gasteiger partial charge on any atom is 0.323 e. The molecule has 4 nitrogen and oxygen atoms in total. The van der Waals surface area contributed by atoms with Crippen LogP contribution in [0.2, 0.25) is 0 Å². The monoisotopic (exact) mass is 391 g/mol. The summed E-state index contributed by atoms with van der Waals surface area (Å²) in [6.45, 7) is 0.288. The molecule has 0 radical (unpaired) electrons. The van der Waals surface area contributed by atoms with Crippen LogP contribution in [-0.2, 0) is 11.3 Å². The summed E-state index contributed by atoms with van der Waals surface area (Å²) in [7, 11) is 0. The molecule has 0 unspecified atom stereocenters. The lowest BCUT2D eigenvalue weighted by molar-refractivity contribution is -0.135. The highest BCUT2D eigenvalue weighted by Gasteiger charge is 2.14. The summed E-state index contributed by atoms with van der Waals surface area (Å²) in [5.74, 6) is -0.943. The number of hydrogen-bond acceptors (Lipinski definition) is 4. The zero-order valence-electron chi connectivity index (χ0n) is 15.5. The van der Waals surface area contributed by atoms with Gasteiger partial charge in [-0.15, -0.1) is 11.8 Å². The van der Waals surface area contributed by atoms with Crippen molar-refractivity contribution in [1.82, 2.24) is 0 Å². The predicted molar refractivity (Wildman–Crippen MR) is 113 cm³/mol. The molecule has 3 rings (SSSR count). The Bertz CT molecular complexity index is 955. The van der Waals surface area contributed by atoms with E-state index in [4.69, 9.17) is 0 Å². The second kappa shape index (κ2) is 9.24. The largest absolute Gasteiger partial charge is 0.480 e. The van der Waals surface area contributed by atoms with Crippen LogP contribution >= 0.6 is 11.8 Å². The van der Waals surface area contributed by atoms with Crippen LogP contribution < -0.4 is 4.90 Å². The summed E-state index contributed by atoms with van der Waals surface area (Å²) >= 11 is 1.64. The van der Waals surface area contributed by atoms with Gasteiger partial charge in [0.2, 0.25) is 0 Å². The molecule has 0 atom stereocenters. The number of aliphatic carboxylic acids is 1. The zero-order chi connectivity index (χ0) is 19.9. The van der Waals surface area contributed by atoms with Crippen LogP contribution in [0.5, 0.6) is 0 Å². The Hall–Kier alpha value is -3.05. The summed E-state index contributed by atoms with van der Waals surface area (Å²) in [6.07, 6.45) is 2.00. The van der Waals surface area contributed by atoms with E-state index < -0.39 is 5.97 Å². The molecule has 3 aromatic carbocycles. The van der Waals surface area contributed by atoms with Crippen molar-refractivity contribution >= 4 is 29.2 Å². The first kappa shape index (κ1) is 19.7. The van der Waals surface area contributed by atoms with Crippen molar-refractivity contribution in [2.75, 3.05) is 17.7 Å². The number of ketones is 1. The van der Waals surface area contributed by atoms with Crippen molar-refractivity contribution in [3.05, 3.63) is 95.6 Å². The molecule has 0 heterocycles. The van der Waals surface area contributed by atoms with E-state index in [0.717, 1.165) is 16.1 Å². The lowest BCUT2D eigenvalue weighted by Gasteiger charge is -2.23. The molecular weight excluding hydrogens is 370 g/mol. The van der Waals surface area contributed by atoms with Crippen LogP contribution in [-0.4, -0.2) is 29.7 Å². The zero-order valence-corrected chi connectivity index (χ0v) is 16.4. The molecule has 0 saturated heterocycles. The van der Waals surface area contributed by atoms with E-state index in [-0.39, 0.29) is 12.3 Å².